The fraction of sp³-hybridized carbons (Fsp3) is 0.0952. The van der Waals surface area contributed by atoms with Gasteiger partial charge in [-0.1, -0.05) is 18.2 Å². The molecule has 4 rings (SSSR count). The van der Waals surface area contributed by atoms with Gasteiger partial charge in [-0.2, -0.15) is 10.5 Å². The Kier molecular flexibility index (Phi) is 4.33. The van der Waals surface area contributed by atoms with E-state index in [1.807, 2.05) is 36.4 Å². The summed E-state index contributed by atoms with van der Waals surface area (Å²) in [6.07, 6.45) is 1.60. The number of pyridine rings is 1. The van der Waals surface area contributed by atoms with Gasteiger partial charge in [0.15, 0.2) is 0 Å². The van der Waals surface area contributed by atoms with Gasteiger partial charge in [0, 0.05) is 28.2 Å². The summed E-state index contributed by atoms with van der Waals surface area (Å²) in [5.74, 6) is 1.55. The van der Waals surface area contributed by atoms with Crippen LogP contribution in [0.15, 0.2) is 48.7 Å². The van der Waals surface area contributed by atoms with Crippen LogP contribution in [-0.2, 0) is 6.54 Å². The van der Waals surface area contributed by atoms with Gasteiger partial charge in [-0.3, -0.25) is 0 Å². The fourth-order valence-corrected chi connectivity index (χ4v) is 4.19. The Balaban J connectivity index is 1.78. The molecule has 0 saturated carbocycles. The summed E-state index contributed by atoms with van der Waals surface area (Å²) in [5.41, 5.74) is 2.24. The summed E-state index contributed by atoms with van der Waals surface area (Å²) in [5, 5.41) is 23.9. The highest BCUT2D eigenvalue weighted by Gasteiger charge is 2.15. The second-order valence-corrected chi connectivity index (χ2v) is 7.02. The lowest BCUT2D eigenvalue weighted by atomic mass is 10.1. The molecule has 0 fully saturated rings. The molecule has 0 aliphatic carbocycles. The van der Waals surface area contributed by atoms with Crippen molar-refractivity contribution in [3.05, 3.63) is 65.4 Å². The third kappa shape index (κ3) is 3.03. The van der Waals surface area contributed by atoms with Crippen LogP contribution in [0.2, 0.25) is 0 Å². The van der Waals surface area contributed by atoms with Gasteiger partial charge in [-0.05, 0) is 29.8 Å². The third-order valence-corrected chi connectivity index (χ3v) is 5.55. The predicted octanol–water partition coefficient (Wildman–Crippen LogP) is 4.81. The van der Waals surface area contributed by atoms with Crippen molar-refractivity contribution in [1.82, 2.24) is 4.98 Å². The van der Waals surface area contributed by atoms with Gasteiger partial charge in [0.05, 0.1) is 29.0 Å². The average Bonchev–Trinajstić information content (AvgIpc) is 3.11. The second kappa shape index (κ2) is 6.95. The van der Waals surface area contributed by atoms with Crippen LogP contribution in [0.3, 0.4) is 0 Å². The molecule has 0 radical (unpaired) electrons. The predicted molar refractivity (Wildman–Crippen MR) is 107 cm³/mol. The number of aromatic nitrogens is 1. The van der Waals surface area contributed by atoms with Crippen LogP contribution in [0, 0.1) is 22.7 Å². The number of methoxy groups -OCH3 is 1. The number of fused-ring (bicyclic) bond motifs is 3. The number of rotatable bonds is 4. The molecule has 0 spiro atoms. The Labute approximate surface area is 160 Å². The molecule has 27 heavy (non-hydrogen) atoms. The molecule has 0 amide bonds. The van der Waals surface area contributed by atoms with Gasteiger partial charge in [-0.15, -0.1) is 11.3 Å². The van der Waals surface area contributed by atoms with Crippen LogP contribution in [-0.4, -0.2) is 12.1 Å². The SMILES string of the molecule is COc1ccc(CNc2ncc(C#N)c3sc4cc(C#N)ccc4c23)cc1. The van der Waals surface area contributed by atoms with E-state index in [4.69, 9.17) is 10.00 Å². The first kappa shape index (κ1) is 16.8. The lowest BCUT2D eigenvalue weighted by Crippen LogP contribution is -2.02. The molecule has 4 aromatic rings. The maximum absolute atomic E-state index is 9.44. The van der Waals surface area contributed by atoms with Gasteiger partial charge >= 0.3 is 0 Å². The minimum Gasteiger partial charge on any atom is -0.497 e. The molecule has 1 N–H and O–H groups in total. The van der Waals surface area contributed by atoms with Crippen LogP contribution in [0.1, 0.15) is 16.7 Å². The van der Waals surface area contributed by atoms with Crippen LogP contribution in [0.5, 0.6) is 5.75 Å². The third-order valence-electron chi connectivity index (χ3n) is 4.36. The van der Waals surface area contributed by atoms with Crippen molar-refractivity contribution < 1.29 is 4.74 Å². The minimum absolute atomic E-state index is 0.541. The van der Waals surface area contributed by atoms with Gasteiger partial charge in [0.2, 0.25) is 0 Å². The van der Waals surface area contributed by atoms with Crippen LogP contribution in [0.25, 0.3) is 20.2 Å². The molecular weight excluding hydrogens is 356 g/mol. The molecule has 6 heteroatoms. The number of hydrogen-bond acceptors (Lipinski definition) is 6. The zero-order chi connectivity index (χ0) is 18.8. The normalized spacial score (nSPS) is 10.5. The van der Waals surface area contributed by atoms with Crippen molar-refractivity contribution in [3.8, 4) is 17.9 Å². The second-order valence-electron chi connectivity index (χ2n) is 5.96. The molecule has 2 aromatic carbocycles. The zero-order valence-electron chi connectivity index (χ0n) is 14.5. The lowest BCUT2D eigenvalue weighted by Gasteiger charge is -2.09. The van der Waals surface area contributed by atoms with Crippen molar-refractivity contribution in [2.75, 3.05) is 12.4 Å². The van der Waals surface area contributed by atoms with Crippen molar-refractivity contribution >= 4 is 37.3 Å². The van der Waals surface area contributed by atoms with Gasteiger partial charge in [0.1, 0.15) is 17.6 Å². The number of nitriles is 2. The van der Waals surface area contributed by atoms with E-state index < -0.39 is 0 Å². The number of ether oxygens (including phenoxy) is 1. The van der Waals surface area contributed by atoms with E-state index in [1.54, 1.807) is 19.4 Å². The maximum Gasteiger partial charge on any atom is 0.135 e. The molecule has 0 atom stereocenters. The highest BCUT2D eigenvalue weighted by molar-refractivity contribution is 7.26. The Morgan fingerprint density at radius 1 is 1.11 bits per heavy atom. The number of nitrogens with zero attached hydrogens (tertiary/aromatic N) is 3. The molecule has 130 valence electrons. The summed E-state index contributed by atoms with van der Waals surface area (Å²) in [6, 6.07) is 17.8. The van der Waals surface area contributed by atoms with E-state index in [0.29, 0.717) is 17.7 Å². The number of hydrogen-bond donors (Lipinski definition) is 1. The Bertz CT molecular complexity index is 1230. The van der Waals surface area contributed by atoms with E-state index in [2.05, 4.69) is 22.4 Å². The van der Waals surface area contributed by atoms with Crippen LogP contribution < -0.4 is 10.1 Å². The van der Waals surface area contributed by atoms with E-state index in [1.165, 1.54) is 11.3 Å². The van der Waals surface area contributed by atoms with Gasteiger partial charge < -0.3 is 10.1 Å². The van der Waals surface area contributed by atoms with Crippen molar-refractivity contribution in [1.29, 1.82) is 10.5 Å². The molecule has 2 heterocycles. The minimum atomic E-state index is 0.541. The molecule has 0 unspecified atom stereocenters. The standard InChI is InChI=1S/C21H14N4OS/c1-26-16-5-2-13(3-6-16)11-24-21-19-17-7-4-14(9-22)8-18(17)27-20(19)15(10-23)12-25-21/h2-8,12H,11H2,1H3,(H,24,25). The maximum atomic E-state index is 9.44. The quantitative estimate of drug-likeness (QED) is 0.557. The van der Waals surface area contributed by atoms with Crippen LogP contribution in [0.4, 0.5) is 5.82 Å². The summed E-state index contributed by atoms with van der Waals surface area (Å²) in [6.45, 7) is 0.603. The number of anilines is 1. The first-order chi connectivity index (χ1) is 13.2. The molecule has 5 nitrogen and oxygen atoms in total. The molecule has 0 aliphatic heterocycles. The van der Waals surface area contributed by atoms with Crippen molar-refractivity contribution in [2.24, 2.45) is 0 Å². The van der Waals surface area contributed by atoms with E-state index in [-0.39, 0.29) is 0 Å². The monoisotopic (exact) mass is 370 g/mol. The highest BCUT2D eigenvalue weighted by Crippen LogP contribution is 2.39. The van der Waals surface area contributed by atoms with Crippen LogP contribution >= 0.6 is 11.3 Å². The average molecular weight is 370 g/mol. The summed E-state index contributed by atoms with van der Waals surface area (Å²) < 4.78 is 7.04. The first-order valence-electron chi connectivity index (χ1n) is 8.25. The summed E-state index contributed by atoms with van der Waals surface area (Å²) in [7, 11) is 1.64. The molecule has 0 saturated heterocycles. The van der Waals surface area contributed by atoms with Gasteiger partial charge in [0.25, 0.3) is 0 Å². The number of benzene rings is 2. The fourth-order valence-electron chi connectivity index (χ4n) is 2.99. The van der Waals surface area contributed by atoms with E-state index in [0.717, 1.165) is 37.3 Å². The molecule has 0 aliphatic rings. The first-order valence-corrected chi connectivity index (χ1v) is 9.07. The Morgan fingerprint density at radius 3 is 2.63 bits per heavy atom. The Hall–Kier alpha value is -3.61. The molecule has 0 bridgehead atoms. The number of nitrogens with one attached hydrogen (secondary N) is 1. The van der Waals surface area contributed by atoms with Crippen molar-refractivity contribution in [2.45, 2.75) is 6.54 Å². The smallest absolute Gasteiger partial charge is 0.135 e. The topological polar surface area (TPSA) is 81.7 Å². The molecular formula is C21H14N4OS. The zero-order valence-corrected chi connectivity index (χ0v) is 15.3. The Morgan fingerprint density at radius 2 is 1.93 bits per heavy atom. The molecule has 2 aromatic heterocycles. The number of thiophene rings is 1. The van der Waals surface area contributed by atoms with E-state index >= 15 is 0 Å². The largest absolute Gasteiger partial charge is 0.497 e. The summed E-state index contributed by atoms with van der Waals surface area (Å²) >= 11 is 1.51. The lowest BCUT2D eigenvalue weighted by molar-refractivity contribution is 0.414. The van der Waals surface area contributed by atoms with Crippen molar-refractivity contribution in [3.63, 3.8) is 0 Å². The van der Waals surface area contributed by atoms with E-state index in [9.17, 15) is 5.26 Å². The van der Waals surface area contributed by atoms with Gasteiger partial charge in [-0.25, -0.2) is 4.98 Å². The summed E-state index contributed by atoms with van der Waals surface area (Å²) in [4.78, 5) is 4.47. The highest BCUT2D eigenvalue weighted by atomic mass is 32.1.